The number of nitrogens with zero attached hydrogens (tertiary/aromatic N) is 1. The Bertz CT molecular complexity index is 1400. The molecule has 3 atom stereocenters. The lowest BCUT2D eigenvalue weighted by Gasteiger charge is -2.29. The quantitative estimate of drug-likeness (QED) is 0.0273. The number of allylic oxidation sites excluding steroid dienone is 17. The van der Waals surface area contributed by atoms with Crippen LogP contribution < -0.4 is 10.2 Å². The maximum Gasteiger partial charge on any atom is 0.268 e. The third-order valence-electron chi connectivity index (χ3n) is 10.4. The summed E-state index contributed by atoms with van der Waals surface area (Å²) in [6.45, 7) is 4.40. The van der Waals surface area contributed by atoms with E-state index in [1.165, 1.54) is 64.2 Å². The van der Waals surface area contributed by atoms with Gasteiger partial charge in [0.2, 0.25) is 5.91 Å². The summed E-state index contributed by atoms with van der Waals surface area (Å²) >= 11 is 0. The molecule has 0 bridgehead atoms. The lowest BCUT2D eigenvalue weighted by molar-refractivity contribution is -0.870. The minimum atomic E-state index is -4.61. The van der Waals surface area contributed by atoms with E-state index < -0.39 is 26.6 Å². The number of carbonyl (C=O) groups is 1. The van der Waals surface area contributed by atoms with Crippen LogP contribution in [-0.2, 0) is 18.4 Å². The van der Waals surface area contributed by atoms with Crippen LogP contribution in [0.2, 0.25) is 0 Å². The fourth-order valence-corrected chi connectivity index (χ4v) is 7.21. The molecule has 0 heterocycles. The van der Waals surface area contributed by atoms with Crippen LogP contribution in [0, 0.1) is 0 Å². The predicted molar refractivity (Wildman–Crippen MR) is 274 cm³/mol. The molecule has 0 saturated carbocycles. The number of aliphatic hydroxyl groups excluding tert-OH is 1. The molecule has 0 aliphatic heterocycles. The molecule has 2 N–H and O–H groups in total. The van der Waals surface area contributed by atoms with Crippen molar-refractivity contribution in [2.75, 3.05) is 40.9 Å². The summed E-state index contributed by atoms with van der Waals surface area (Å²) in [7, 11) is 1.22. The number of aliphatic hydroxyl groups is 1. The van der Waals surface area contributed by atoms with Gasteiger partial charge in [0.25, 0.3) is 7.82 Å². The highest BCUT2D eigenvalue weighted by Crippen LogP contribution is 2.38. The standard InChI is InChI=1S/C55H95N2O6P/c1-6-8-10-12-14-16-18-19-20-21-22-23-24-25-26-27-28-29-30-31-32-33-34-35-36-37-39-41-43-45-47-49-55(59)56-53(52-63-64(60,61)62-51-50-57(3,4)5)54(58)48-46-44-42-40-38-17-15-13-11-9-7-2/h8,10-11,13-14,16,19-20,22-23,25-26,28-29,38,40,46,48,53-54,58H,6-7,9,12,15,17-18,21,24,27,30-37,39,41-45,47,49-52H2,1-5H3,(H-,56,59,60,61)/b10-8-,13-11+,16-14-,20-19-,23-22-,26-25-,29-28-,40-38+,48-46+. The normalized spacial score (nSPS) is 15.0. The lowest BCUT2D eigenvalue weighted by atomic mass is 10.0. The van der Waals surface area contributed by atoms with Crippen molar-refractivity contribution in [1.82, 2.24) is 5.32 Å². The van der Waals surface area contributed by atoms with Crippen molar-refractivity contribution >= 4 is 13.7 Å². The van der Waals surface area contributed by atoms with Crippen molar-refractivity contribution in [3.05, 3.63) is 109 Å². The first kappa shape index (κ1) is 61.2. The average molecular weight is 911 g/mol. The second-order valence-electron chi connectivity index (χ2n) is 17.8. The molecule has 64 heavy (non-hydrogen) atoms. The monoisotopic (exact) mass is 911 g/mol. The van der Waals surface area contributed by atoms with Crippen molar-refractivity contribution in [3.63, 3.8) is 0 Å². The van der Waals surface area contributed by atoms with Crippen molar-refractivity contribution in [2.45, 2.75) is 193 Å². The largest absolute Gasteiger partial charge is 0.756 e. The average Bonchev–Trinajstić information content (AvgIpc) is 3.25. The van der Waals surface area contributed by atoms with Gasteiger partial charge in [0.05, 0.1) is 39.9 Å². The van der Waals surface area contributed by atoms with Gasteiger partial charge in [0.1, 0.15) is 13.2 Å². The smallest absolute Gasteiger partial charge is 0.268 e. The number of nitrogens with one attached hydrogen (secondary N) is 1. The van der Waals surface area contributed by atoms with Crippen LogP contribution in [0.3, 0.4) is 0 Å². The summed E-state index contributed by atoms with van der Waals surface area (Å²) in [6.07, 6.45) is 65.9. The minimum Gasteiger partial charge on any atom is -0.756 e. The number of phosphoric ester groups is 1. The number of unbranched alkanes of at least 4 members (excludes halogenated alkanes) is 15. The molecule has 0 aromatic rings. The summed E-state index contributed by atoms with van der Waals surface area (Å²) < 4.78 is 23.2. The highest BCUT2D eigenvalue weighted by Gasteiger charge is 2.23. The summed E-state index contributed by atoms with van der Waals surface area (Å²) in [5.41, 5.74) is 0. The van der Waals surface area contributed by atoms with Gasteiger partial charge in [0.15, 0.2) is 0 Å². The molecule has 0 saturated heterocycles. The SMILES string of the molecule is CC/C=C\C/C=C\C/C=C\C/C=C\C/C=C\C/C=C\CCCCCCCCCCCCCCC(=O)NC(COP(=O)([O-])OCC[N+](C)(C)C)C(O)/C=C/CC/C=C/CC/C=C/CCC. The fraction of sp³-hybridized carbons (Fsp3) is 0.655. The summed E-state index contributed by atoms with van der Waals surface area (Å²) in [5.74, 6) is -0.221. The van der Waals surface area contributed by atoms with Gasteiger partial charge in [-0.3, -0.25) is 9.36 Å². The van der Waals surface area contributed by atoms with Gasteiger partial charge in [-0.15, -0.1) is 0 Å². The van der Waals surface area contributed by atoms with Gasteiger partial charge in [-0.25, -0.2) is 0 Å². The van der Waals surface area contributed by atoms with E-state index in [-0.39, 0.29) is 12.5 Å². The van der Waals surface area contributed by atoms with Crippen LogP contribution in [0.25, 0.3) is 0 Å². The van der Waals surface area contributed by atoms with Gasteiger partial charge < -0.3 is 28.8 Å². The lowest BCUT2D eigenvalue weighted by Crippen LogP contribution is -2.45. The molecule has 0 aromatic heterocycles. The van der Waals surface area contributed by atoms with Crippen molar-refractivity contribution in [2.24, 2.45) is 0 Å². The predicted octanol–water partition coefficient (Wildman–Crippen LogP) is 14.2. The third kappa shape index (κ3) is 47.1. The Labute approximate surface area is 393 Å². The molecule has 366 valence electrons. The zero-order chi connectivity index (χ0) is 47.1. The molecular formula is C55H95N2O6P. The first-order valence-electron chi connectivity index (χ1n) is 25.2. The molecule has 9 heteroatoms. The van der Waals surface area contributed by atoms with E-state index in [2.05, 4.69) is 116 Å². The highest BCUT2D eigenvalue weighted by molar-refractivity contribution is 7.45. The molecule has 1 amide bonds. The Hall–Kier alpha value is -2.84. The van der Waals surface area contributed by atoms with Crippen LogP contribution in [0.15, 0.2) is 109 Å². The maximum absolute atomic E-state index is 12.9. The van der Waals surface area contributed by atoms with Crippen molar-refractivity contribution in [3.8, 4) is 0 Å². The molecule has 0 fully saturated rings. The molecule has 8 nitrogen and oxygen atoms in total. The number of phosphoric acid groups is 1. The van der Waals surface area contributed by atoms with E-state index in [4.69, 9.17) is 9.05 Å². The molecule has 0 radical (unpaired) electrons. The van der Waals surface area contributed by atoms with E-state index >= 15 is 0 Å². The molecule has 0 aliphatic rings. The first-order chi connectivity index (χ1) is 31.0. The second-order valence-corrected chi connectivity index (χ2v) is 19.2. The van der Waals surface area contributed by atoms with Gasteiger partial charge in [-0.1, -0.05) is 194 Å². The Morgan fingerprint density at radius 3 is 1.44 bits per heavy atom. The van der Waals surface area contributed by atoms with Gasteiger partial charge in [0, 0.05) is 6.42 Å². The topological polar surface area (TPSA) is 108 Å². The molecule has 0 spiro atoms. The molecule has 0 aromatic carbocycles. The maximum atomic E-state index is 12.9. The number of rotatable bonds is 44. The number of carbonyl (C=O) groups excluding carboxylic acids is 1. The van der Waals surface area contributed by atoms with Crippen LogP contribution in [-0.4, -0.2) is 68.5 Å². The highest BCUT2D eigenvalue weighted by atomic mass is 31.2. The van der Waals surface area contributed by atoms with Gasteiger partial charge in [-0.2, -0.15) is 0 Å². The molecular weight excluding hydrogens is 816 g/mol. The number of hydrogen-bond acceptors (Lipinski definition) is 6. The van der Waals surface area contributed by atoms with E-state index in [9.17, 15) is 19.4 Å². The van der Waals surface area contributed by atoms with Crippen LogP contribution in [0.1, 0.15) is 181 Å². The Morgan fingerprint density at radius 2 is 0.969 bits per heavy atom. The van der Waals surface area contributed by atoms with E-state index in [1.54, 1.807) is 6.08 Å². The fourth-order valence-electron chi connectivity index (χ4n) is 6.49. The number of quaternary nitrogens is 1. The Balaban J connectivity index is 4.17. The second kappa shape index (κ2) is 45.3. The summed E-state index contributed by atoms with van der Waals surface area (Å²) in [4.78, 5) is 25.3. The van der Waals surface area contributed by atoms with E-state index in [0.29, 0.717) is 17.4 Å². The molecule has 0 aliphatic carbocycles. The Morgan fingerprint density at radius 1 is 0.562 bits per heavy atom. The van der Waals surface area contributed by atoms with Crippen LogP contribution in [0.5, 0.6) is 0 Å². The van der Waals surface area contributed by atoms with Gasteiger partial charge in [-0.05, 0) is 89.9 Å². The van der Waals surface area contributed by atoms with Crippen LogP contribution in [0.4, 0.5) is 0 Å². The van der Waals surface area contributed by atoms with Crippen molar-refractivity contribution < 1.29 is 32.9 Å². The summed E-state index contributed by atoms with van der Waals surface area (Å²) in [6, 6.07) is -0.916. The number of likely N-dealkylation sites (N-methyl/N-ethyl adjacent to an activating group) is 1. The van der Waals surface area contributed by atoms with Crippen LogP contribution >= 0.6 is 7.82 Å². The van der Waals surface area contributed by atoms with Crippen molar-refractivity contribution in [1.29, 1.82) is 0 Å². The van der Waals surface area contributed by atoms with E-state index in [0.717, 1.165) is 96.3 Å². The number of hydrogen-bond donors (Lipinski definition) is 2. The third-order valence-corrected chi connectivity index (χ3v) is 11.4. The zero-order valence-electron chi connectivity index (χ0n) is 41.4. The molecule has 3 unspecified atom stereocenters. The Kier molecular flexibility index (Phi) is 43.3. The van der Waals surface area contributed by atoms with E-state index in [1.807, 2.05) is 27.2 Å². The zero-order valence-corrected chi connectivity index (χ0v) is 42.3. The molecule has 0 rings (SSSR count). The number of amides is 1. The first-order valence-corrected chi connectivity index (χ1v) is 26.7. The van der Waals surface area contributed by atoms with Gasteiger partial charge >= 0.3 is 0 Å². The minimum absolute atomic E-state index is 0.0147. The summed E-state index contributed by atoms with van der Waals surface area (Å²) in [5, 5.41) is 13.7.